The third-order valence-electron chi connectivity index (χ3n) is 3.09. The molecule has 0 fully saturated rings. The summed E-state index contributed by atoms with van der Waals surface area (Å²) in [5.41, 5.74) is 8.30. The summed E-state index contributed by atoms with van der Waals surface area (Å²) in [6.07, 6.45) is 1.76. The van der Waals surface area contributed by atoms with Crippen LogP contribution in [0.1, 0.15) is 5.56 Å². The van der Waals surface area contributed by atoms with Crippen LogP contribution in [0.3, 0.4) is 0 Å². The van der Waals surface area contributed by atoms with Crippen LogP contribution in [-0.4, -0.2) is 4.98 Å². The van der Waals surface area contributed by atoms with Gasteiger partial charge in [-0.05, 0) is 24.3 Å². The number of nitrogens with zero attached hydrogens (tertiary/aromatic N) is 1. The molecule has 2 N–H and O–H groups in total. The van der Waals surface area contributed by atoms with Crippen LogP contribution in [0.15, 0.2) is 54.7 Å². The van der Waals surface area contributed by atoms with Crippen LogP contribution in [-0.2, 0) is 6.61 Å². The zero-order chi connectivity index (χ0) is 13.9. The van der Waals surface area contributed by atoms with Gasteiger partial charge in [-0.3, -0.25) is 4.98 Å². The van der Waals surface area contributed by atoms with Crippen molar-refractivity contribution in [2.24, 2.45) is 0 Å². The monoisotopic (exact) mass is 284 g/mol. The van der Waals surface area contributed by atoms with Crippen molar-refractivity contribution in [2.75, 3.05) is 5.73 Å². The molecular formula is C16H13ClN2O. The Bertz CT molecular complexity index is 753. The number of rotatable bonds is 3. The van der Waals surface area contributed by atoms with Crippen molar-refractivity contribution >= 4 is 28.2 Å². The Balaban J connectivity index is 1.87. The maximum atomic E-state index is 5.92. The second-order valence-corrected chi connectivity index (χ2v) is 4.90. The molecule has 100 valence electrons. The maximum Gasteiger partial charge on any atom is 0.146 e. The molecular weight excluding hydrogens is 272 g/mol. The van der Waals surface area contributed by atoms with Gasteiger partial charge in [0.05, 0.1) is 0 Å². The van der Waals surface area contributed by atoms with E-state index in [1.807, 2.05) is 36.4 Å². The fraction of sp³-hybridized carbons (Fsp3) is 0.0625. The summed E-state index contributed by atoms with van der Waals surface area (Å²) in [7, 11) is 0. The molecule has 0 aliphatic carbocycles. The molecule has 3 rings (SSSR count). The molecule has 0 saturated carbocycles. The van der Waals surface area contributed by atoms with Crippen LogP contribution >= 0.6 is 11.6 Å². The Morgan fingerprint density at radius 2 is 1.95 bits per heavy atom. The smallest absolute Gasteiger partial charge is 0.146 e. The first-order valence-electron chi connectivity index (χ1n) is 6.24. The van der Waals surface area contributed by atoms with Crippen molar-refractivity contribution < 1.29 is 4.74 Å². The highest BCUT2D eigenvalue weighted by Crippen LogP contribution is 2.25. The molecule has 20 heavy (non-hydrogen) atoms. The van der Waals surface area contributed by atoms with Crippen molar-refractivity contribution in [3.63, 3.8) is 0 Å². The van der Waals surface area contributed by atoms with Crippen molar-refractivity contribution in [2.45, 2.75) is 6.61 Å². The molecule has 0 radical (unpaired) electrons. The normalized spacial score (nSPS) is 10.7. The van der Waals surface area contributed by atoms with E-state index in [2.05, 4.69) is 4.98 Å². The number of benzene rings is 2. The summed E-state index contributed by atoms with van der Waals surface area (Å²) < 4.78 is 5.84. The first kappa shape index (κ1) is 12.8. The number of pyridine rings is 1. The van der Waals surface area contributed by atoms with Gasteiger partial charge in [0, 0.05) is 27.9 Å². The molecule has 0 saturated heterocycles. The standard InChI is InChI=1S/C16H13ClN2O/c17-13-7-6-12(14(18)9-13)10-20-15-5-1-3-11-4-2-8-19-16(11)15/h1-9H,10,18H2. The molecule has 0 spiro atoms. The van der Waals surface area contributed by atoms with Gasteiger partial charge in [0.15, 0.2) is 0 Å². The van der Waals surface area contributed by atoms with Crippen LogP contribution in [0, 0.1) is 0 Å². The highest BCUT2D eigenvalue weighted by Gasteiger charge is 2.05. The minimum Gasteiger partial charge on any atom is -0.487 e. The molecule has 4 heteroatoms. The summed E-state index contributed by atoms with van der Waals surface area (Å²) in [5, 5.41) is 1.67. The average molecular weight is 285 g/mol. The minimum absolute atomic E-state index is 0.388. The topological polar surface area (TPSA) is 48.1 Å². The van der Waals surface area contributed by atoms with Crippen LogP contribution in [0.2, 0.25) is 5.02 Å². The third kappa shape index (κ3) is 2.53. The van der Waals surface area contributed by atoms with Crippen LogP contribution in [0.25, 0.3) is 10.9 Å². The van der Waals surface area contributed by atoms with Crippen LogP contribution in [0.5, 0.6) is 5.75 Å². The number of para-hydroxylation sites is 1. The van der Waals surface area contributed by atoms with E-state index in [-0.39, 0.29) is 0 Å². The molecule has 0 unspecified atom stereocenters. The molecule has 1 aromatic heterocycles. The lowest BCUT2D eigenvalue weighted by molar-refractivity contribution is 0.310. The molecule has 0 bridgehead atoms. The lowest BCUT2D eigenvalue weighted by Gasteiger charge is -2.10. The van der Waals surface area contributed by atoms with Crippen LogP contribution in [0.4, 0.5) is 5.69 Å². The first-order chi connectivity index (χ1) is 9.74. The van der Waals surface area contributed by atoms with E-state index in [9.17, 15) is 0 Å². The van der Waals surface area contributed by atoms with Gasteiger partial charge >= 0.3 is 0 Å². The second-order valence-electron chi connectivity index (χ2n) is 4.46. The van der Waals surface area contributed by atoms with Gasteiger partial charge in [-0.25, -0.2) is 0 Å². The Kier molecular flexibility index (Phi) is 3.44. The SMILES string of the molecule is Nc1cc(Cl)ccc1COc1cccc2cccnc12. The number of anilines is 1. The average Bonchev–Trinajstić information content (AvgIpc) is 2.46. The Hall–Kier alpha value is -2.26. The highest BCUT2D eigenvalue weighted by molar-refractivity contribution is 6.30. The number of nitrogens with two attached hydrogens (primary N) is 1. The molecule has 3 nitrogen and oxygen atoms in total. The van der Waals surface area contributed by atoms with E-state index in [0.717, 1.165) is 22.2 Å². The third-order valence-corrected chi connectivity index (χ3v) is 3.32. The Labute approximate surface area is 122 Å². The molecule has 1 heterocycles. The van der Waals surface area contributed by atoms with E-state index in [4.69, 9.17) is 22.1 Å². The lowest BCUT2D eigenvalue weighted by atomic mass is 10.2. The van der Waals surface area contributed by atoms with Gasteiger partial charge in [-0.1, -0.05) is 35.9 Å². The Morgan fingerprint density at radius 1 is 1.10 bits per heavy atom. The quantitative estimate of drug-likeness (QED) is 0.738. The number of fused-ring (bicyclic) bond motifs is 1. The van der Waals surface area contributed by atoms with E-state index in [1.54, 1.807) is 18.3 Å². The van der Waals surface area contributed by atoms with Crippen molar-refractivity contribution in [1.82, 2.24) is 4.98 Å². The summed E-state index contributed by atoms with van der Waals surface area (Å²) in [5.74, 6) is 0.748. The predicted octanol–water partition coefficient (Wildman–Crippen LogP) is 4.05. The fourth-order valence-corrected chi connectivity index (χ4v) is 2.23. The zero-order valence-corrected chi connectivity index (χ0v) is 11.5. The Morgan fingerprint density at radius 3 is 2.80 bits per heavy atom. The second kappa shape index (κ2) is 5.39. The number of hydrogen-bond donors (Lipinski definition) is 1. The fourth-order valence-electron chi connectivity index (χ4n) is 2.05. The van der Waals surface area contributed by atoms with Crippen LogP contribution < -0.4 is 10.5 Å². The molecule has 0 aliphatic heterocycles. The molecule has 0 amide bonds. The first-order valence-corrected chi connectivity index (χ1v) is 6.62. The van der Waals surface area contributed by atoms with Gasteiger partial charge in [-0.2, -0.15) is 0 Å². The predicted molar refractivity (Wildman–Crippen MR) is 81.9 cm³/mol. The summed E-state index contributed by atoms with van der Waals surface area (Å²) in [4.78, 5) is 4.35. The lowest BCUT2D eigenvalue weighted by Crippen LogP contribution is -2.00. The van der Waals surface area contributed by atoms with E-state index >= 15 is 0 Å². The molecule has 0 aliphatic rings. The number of nitrogen functional groups attached to an aromatic ring is 1. The summed E-state index contributed by atoms with van der Waals surface area (Å²) in [6.45, 7) is 0.388. The van der Waals surface area contributed by atoms with Gasteiger partial charge < -0.3 is 10.5 Å². The zero-order valence-electron chi connectivity index (χ0n) is 10.7. The molecule has 0 atom stereocenters. The van der Waals surface area contributed by atoms with E-state index in [0.29, 0.717) is 17.3 Å². The maximum absolute atomic E-state index is 5.92. The van der Waals surface area contributed by atoms with Gasteiger partial charge in [0.1, 0.15) is 17.9 Å². The van der Waals surface area contributed by atoms with Crippen molar-refractivity contribution in [3.8, 4) is 5.75 Å². The van der Waals surface area contributed by atoms with Gasteiger partial charge in [-0.15, -0.1) is 0 Å². The van der Waals surface area contributed by atoms with Gasteiger partial charge in [0.25, 0.3) is 0 Å². The van der Waals surface area contributed by atoms with E-state index in [1.165, 1.54) is 0 Å². The van der Waals surface area contributed by atoms with Crippen molar-refractivity contribution in [1.29, 1.82) is 0 Å². The summed E-state index contributed by atoms with van der Waals surface area (Å²) >= 11 is 5.88. The number of hydrogen-bond acceptors (Lipinski definition) is 3. The van der Waals surface area contributed by atoms with E-state index < -0.39 is 0 Å². The minimum atomic E-state index is 0.388. The largest absolute Gasteiger partial charge is 0.487 e. The molecule has 2 aromatic carbocycles. The number of halogens is 1. The summed E-state index contributed by atoms with van der Waals surface area (Å²) in [6, 6.07) is 15.2. The molecule has 3 aromatic rings. The van der Waals surface area contributed by atoms with Gasteiger partial charge in [0.2, 0.25) is 0 Å². The number of ether oxygens (including phenoxy) is 1. The number of aromatic nitrogens is 1. The highest BCUT2D eigenvalue weighted by atomic mass is 35.5. The van der Waals surface area contributed by atoms with Crippen molar-refractivity contribution in [3.05, 3.63) is 65.3 Å².